The summed E-state index contributed by atoms with van der Waals surface area (Å²) in [4.78, 5) is 10.4. The van der Waals surface area contributed by atoms with Crippen LogP contribution in [0.15, 0.2) is 42.7 Å². The van der Waals surface area contributed by atoms with E-state index in [1.807, 2.05) is 6.07 Å². The molecule has 1 N–H and O–H groups in total. The van der Waals surface area contributed by atoms with Crippen molar-refractivity contribution < 1.29 is 0 Å². The number of anilines is 2. The van der Waals surface area contributed by atoms with Gasteiger partial charge in [0, 0.05) is 38.7 Å². The Labute approximate surface area is 114 Å². The molecule has 0 fully saturated rings. The number of aryl methyl sites for hydroxylation is 1. The molecule has 1 aromatic carbocycles. The predicted octanol–water partition coefficient (Wildman–Crippen LogP) is 2.59. The maximum Gasteiger partial charge on any atom is 0.222 e. The Morgan fingerprint density at radius 1 is 1.05 bits per heavy atom. The van der Waals surface area contributed by atoms with E-state index < -0.39 is 0 Å². The average Bonchev–Trinajstić information content (AvgIpc) is 2.45. The van der Waals surface area contributed by atoms with Crippen LogP contribution in [0.4, 0.5) is 11.6 Å². The second-order valence-electron chi connectivity index (χ2n) is 4.66. The molecule has 1 aromatic heterocycles. The lowest BCUT2D eigenvalue weighted by Gasteiger charge is -2.12. The molecule has 4 nitrogen and oxygen atoms in total. The molecule has 0 atom stereocenters. The van der Waals surface area contributed by atoms with Crippen LogP contribution in [0.1, 0.15) is 12.0 Å². The highest BCUT2D eigenvalue weighted by atomic mass is 15.1. The summed E-state index contributed by atoms with van der Waals surface area (Å²) in [6.45, 7) is 0.888. The fraction of sp³-hybridized carbons (Fsp3) is 0.333. The van der Waals surface area contributed by atoms with Crippen molar-refractivity contribution in [2.24, 2.45) is 0 Å². The first-order valence-electron chi connectivity index (χ1n) is 6.53. The molecule has 0 amide bonds. The third-order valence-electron chi connectivity index (χ3n) is 2.94. The molecule has 0 unspecified atom stereocenters. The van der Waals surface area contributed by atoms with E-state index in [-0.39, 0.29) is 0 Å². The highest BCUT2D eigenvalue weighted by molar-refractivity contribution is 5.46. The molecule has 0 aliphatic carbocycles. The van der Waals surface area contributed by atoms with E-state index in [0.717, 1.165) is 19.4 Å². The zero-order valence-corrected chi connectivity index (χ0v) is 11.5. The van der Waals surface area contributed by atoms with E-state index in [4.69, 9.17) is 0 Å². The molecule has 0 bridgehead atoms. The van der Waals surface area contributed by atoms with Crippen LogP contribution in [-0.4, -0.2) is 30.6 Å². The summed E-state index contributed by atoms with van der Waals surface area (Å²) < 4.78 is 0. The summed E-state index contributed by atoms with van der Waals surface area (Å²) in [5.41, 5.74) is 2.60. The molecule has 19 heavy (non-hydrogen) atoms. The van der Waals surface area contributed by atoms with E-state index in [2.05, 4.69) is 58.5 Å². The van der Waals surface area contributed by atoms with Gasteiger partial charge < -0.3 is 10.2 Å². The van der Waals surface area contributed by atoms with Gasteiger partial charge in [-0.3, -0.25) is 0 Å². The molecule has 0 radical (unpaired) electrons. The molecule has 2 aromatic rings. The lowest BCUT2D eigenvalue weighted by atomic mass is 10.1. The Kier molecular flexibility index (Phi) is 4.72. The predicted molar refractivity (Wildman–Crippen MR) is 79.6 cm³/mol. The lowest BCUT2D eigenvalue weighted by Crippen LogP contribution is -2.08. The van der Waals surface area contributed by atoms with Crippen molar-refractivity contribution in [3.05, 3.63) is 48.3 Å². The Balaban J connectivity index is 1.74. The van der Waals surface area contributed by atoms with Gasteiger partial charge in [0.25, 0.3) is 0 Å². The second kappa shape index (κ2) is 6.73. The first-order chi connectivity index (χ1) is 9.25. The molecule has 1 heterocycles. The quantitative estimate of drug-likeness (QED) is 0.807. The molecule has 0 spiro atoms. The van der Waals surface area contributed by atoms with Gasteiger partial charge in [-0.15, -0.1) is 0 Å². The maximum absolute atomic E-state index is 4.13. The van der Waals surface area contributed by atoms with Crippen LogP contribution in [0.25, 0.3) is 0 Å². The van der Waals surface area contributed by atoms with E-state index in [1.54, 1.807) is 12.4 Å². The van der Waals surface area contributed by atoms with Crippen LogP contribution in [-0.2, 0) is 6.42 Å². The summed E-state index contributed by atoms with van der Waals surface area (Å²) in [6.07, 6.45) is 5.62. The highest BCUT2D eigenvalue weighted by Gasteiger charge is 1.97. The van der Waals surface area contributed by atoms with E-state index in [9.17, 15) is 0 Å². The summed E-state index contributed by atoms with van der Waals surface area (Å²) in [7, 11) is 4.11. The molecule has 100 valence electrons. The first-order valence-corrected chi connectivity index (χ1v) is 6.53. The van der Waals surface area contributed by atoms with Crippen molar-refractivity contribution in [3.63, 3.8) is 0 Å². The molecule has 0 saturated carbocycles. The smallest absolute Gasteiger partial charge is 0.222 e. The Bertz CT molecular complexity index is 479. The monoisotopic (exact) mass is 256 g/mol. The number of rotatable bonds is 6. The van der Waals surface area contributed by atoms with Crippen LogP contribution in [0.5, 0.6) is 0 Å². The van der Waals surface area contributed by atoms with Crippen molar-refractivity contribution in [2.75, 3.05) is 30.9 Å². The topological polar surface area (TPSA) is 41.0 Å². The van der Waals surface area contributed by atoms with Crippen molar-refractivity contribution in [1.29, 1.82) is 0 Å². The minimum Gasteiger partial charge on any atom is -0.378 e. The third kappa shape index (κ3) is 4.25. The van der Waals surface area contributed by atoms with Crippen molar-refractivity contribution in [3.8, 4) is 0 Å². The van der Waals surface area contributed by atoms with Crippen molar-refractivity contribution >= 4 is 11.6 Å². The fourth-order valence-electron chi connectivity index (χ4n) is 1.84. The molecule has 2 rings (SSSR count). The largest absolute Gasteiger partial charge is 0.378 e. The Morgan fingerprint density at radius 2 is 1.74 bits per heavy atom. The normalized spacial score (nSPS) is 10.2. The number of nitrogens with zero attached hydrogens (tertiary/aromatic N) is 3. The van der Waals surface area contributed by atoms with Crippen LogP contribution in [0.3, 0.4) is 0 Å². The summed E-state index contributed by atoms with van der Waals surface area (Å²) >= 11 is 0. The Morgan fingerprint density at radius 3 is 2.37 bits per heavy atom. The zero-order chi connectivity index (χ0) is 13.5. The third-order valence-corrected chi connectivity index (χ3v) is 2.94. The van der Waals surface area contributed by atoms with Gasteiger partial charge in [0.05, 0.1) is 0 Å². The summed E-state index contributed by atoms with van der Waals surface area (Å²) in [5, 5.41) is 3.21. The minimum absolute atomic E-state index is 0.699. The lowest BCUT2D eigenvalue weighted by molar-refractivity contribution is 0.852. The van der Waals surface area contributed by atoms with Gasteiger partial charge in [0.2, 0.25) is 5.95 Å². The number of hydrogen-bond donors (Lipinski definition) is 1. The number of aromatic nitrogens is 2. The SMILES string of the molecule is CN(C)c1ccc(CCCNc2ncccn2)cc1. The van der Waals surface area contributed by atoms with Gasteiger partial charge >= 0.3 is 0 Å². The van der Waals surface area contributed by atoms with Crippen molar-refractivity contribution in [1.82, 2.24) is 9.97 Å². The standard InChI is InChI=1S/C15H20N4/c1-19(2)14-8-6-13(7-9-14)5-3-10-16-15-17-11-4-12-18-15/h4,6-9,11-12H,3,5,10H2,1-2H3,(H,16,17,18). The Hall–Kier alpha value is -2.10. The van der Waals surface area contributed by atoms with Gasteiger partial charge in [-0.1, -0.05) is 12.1 Å². The van der Waals surface area contributed by atoms with Crippen molar-refractivity contribution in [2.45, 2.75) is 12.8 Å². The zero-order valence-electron chi connectivity index (χ0n) is 11.5. The summed E-state index contributed by atoms with van der Waals surface area (Å²) in [5.74, 6) is 0.699. The van der Waals surface area contributed by atoms with Gasteiger partial charge in [-0.25, -0.2) is 9.97 Å². The maximum atomic E-state index is 4.13. The molecular formula is C15H20N4. The molecule has 0 aliphatic rings. The fourth-order valence-corrected chi connectivity index (χ4v) is 1.84. The van der Waals surface area contributed by atoms with Gasteiger partial charge in [-0.2, -0.15) is 0 Å². The number of benzene rings is 1. The van der Waals surface area contributed by atoms with E-state index in [1.165, 1.54) is 11.3 Å². The van der Waals surface area contributed by atoms with Crippen LogP contribution >= 0.6 is 0 Å². The molecular weight excluding hydrogens is 236 g/mol. The van der Waals surface area contributed by atoms with Crippen LogP contribution < -0.4 is 10.2 Å². The first kappa shape index (κ1) is 13.3. The molecule has 4 heteroatoms. The average molecular weight is 256 g/mol. The minimum atomic E-state index is 0.699. The molecule has 0 saturated heterocycles. The number of nitrogens with one attached hydrogen (secondary N) is 1. The number of hydrogen-bond acceptors (Lipinski definition) is 4. The van der Waals surface area contributed by atoms with Gasteiger partial charge in [0.15, 0.2) is 0 Å². The van der Waals surface area contributed by atoms with Crippen LogP contribution in [0.2, 0.25) is 0 Å². The highest BCUT2D eigenvalue weighted by Crippen LogP contribution is 2.13. The van der Waals surface area contributed by atoms with E-state index >= 15 is 0 Å². The second-order valence-corrected chi connectivity index (χ2v) is 4.66. The van der Waals surface area contributed by atoms with Gasteiger partial charge in [-0.05, 0) is 36.6 Å². The molecule has 0 aliphatic heterocycles. The van der Waals surface area contributed by atoms with Crippen LogP contribution in [0, 0.1) is 0 Å². The summed E-state index contributed by atoms with van der Waals surface area (Å²) in [6, 6.07) is 10.5. The van der Waals surface area contributed by atoms with Gasteiger partial charge in [0.1, 0.15) is 0 Å². The van der Waals surface area contributed by atoms with E-state index in [0.29, 0.717) is 5.95 Å².